The van der Waals surface area contributed by atoms with Crippen molar-refractivity contribution in [1.82, 2.24) is 9.97 Å². The number of aromatic nitrogens is 2. The van der Waals surface area contributed by atoms with Crippen molar-refractivity contribution in [3.8, 4) is 0 Å². The Morgan fingerprint density at radius 2 is 1.88 bits per heavy atom. The maximum atomic E-state index is 5.62. The van der Waals surface area contributed by atoms with E-state index >= 15 is 0 Å². The number of anilines is 1. The fourth-order valence-corrected chi connectivity index (χ4v) is 1.51. The van der Waals surface area contributed by atoms with Crippen LogP contribution in [-0.4, -0.2) is 22.6 Å². The molecule has 0 spiro atoms. The van der Waals surface area contributed by atoms with Gasteiger partial charge >= 0.3 is 0 Å². The second kappa shape index (κ2) is 5.25. The number of hydrogen-bond donors (Lipinski definition) is 2. The van der Waals surface area contributed by atoms with Crippen LogP contribution in [0.5, 0.6) is 0 Å². The average Bonchev–Trinajstić information content (AvgIpc) is 2.19. The highest BCUT2D eigenvalue weighted by Crippen LogP contribution is 2.23. The standard InChI is InChI=1S/C12H22N4/c1-9-7-14-11(15-8-9)16-10(5-6-13)12(2,3)4/h7-8,10H,5-6,13H2,1-4H3,(H,14,15,16). The van der Waals surface area contributed by atoms with Crippen molar-refractivity contribution in [1.29, 1.82) is 0 Å². The molecule has 4 heteroatoms. The molecule has 0 radical (unpaired) electrons. The Hall–Kier alpha value is -1.16. The SMILES string of the molecule is Cc1cnc(NC(CCN)C(C)(C)C)nc1. The molecule has 4 nitrogen and oxygen atoms in total. The van der Waals surface area contributed by atoms with Crippen LogP contribution in [0.25, 0.3) is 0 Å². The average molecular weight is 222 g/mol. The summed E-state index contributed by atoms with van der Waals surface area (Å²) in [7, 11) is 0. The lowest BCUT2D eigenvalue weighted by Gasteiger charge is -2.31. The first-order valence-corrected chi connectivity index (χ1v) is 5.68. The van der Waals surface area contributed by atoms with Crippen LogP contribution in [-0.2, 0) is 0 Å². The minimum absolute atomic E-state index is 0.146. The van der Waals surface area contributed by atoms with Crippen LogP contribution in [0.15, 0.2) is 12.4 Å². The number of hydrogen-bond acceptors (Lipinski definition) is 4. The van der Waals surface area contributed by atoms with Gasteiger partial charge in [-0.15, -0.1) is 0 Å². The highest BCUT2D eigenvalue weighted by Gasteiger charge is 2.24. The quantitative estimate of drug-likeness (QED) is 0.817. The molecule has 0 saturated heterocycles. The van der Waals surface area contributed by atoms with Gasteiger partial charge in [0.1, 0.15) is 0 Å². The van der Waals surface area contributed by atoms with E-state index in [2.05, 4.69) is 36.1 Å². The first-order valence-electron chi connectivity index (χ1n) is 5.68. The molecule has 0 aliphatic carbocycles. The number of nitrogens with zero attached hydrogens (tertiary/aromatic N) is 2. The molecule has 0 saturated carbocycles. The molecule has 0 amide bonds. The van der Waals surface area contributed by atoms with E-state index in [1.54, 1.807) is 0 Å². The first-order chi connectivity index (χ1) is 7.43. The Morgan fingerprint density at radius 1 is 1.31 bits per heavy atom. The van der Waals surface area contributed by atoms with Gasteiger partial charge in [0.15, 0.2) is 0 Å². The molecule has 1 atom stereocenters. The summed E-state index contributed by atoms with van der Waals surface area (Å²) < 4.78 is 0. The fraction of sp³-hybridized carbons (Fsp3) is 0.667. The summed E-state index contributed by atoms with van der Waals surface area (Å²) in [6, 6.07) is 0.292. The lowest BCUT2D eigenvalue weighted by molar-refractivity contribution is 0.327. The molecule has 1 rings (SSSR count). The van der Waals surface area contributed by atoms with E-state index in [0.29, 0.717) is 18.5 Å². The van der Waals surface area contributed by atoms with Gasteiger partial charge in [0.25, 0.3) is 0 Å². The molecule has 0 aliphatic heterocycles. The molecule has 1 unspecified atom stereocenters. The molecule has 3 N–H and O–H groups in total. The van der Waals surface area contributed by atoms with E-state index in [-0.39, 0.29) is 5.41 Å². The highest BCUT2D eigenvalue weighted by atomic mass is 15.1. The van der Waals surface area contributed by atoms with E-state index in [1.807, 2.05) is 19.3 Å². The molecule has 0 bridgehead atoms. The van der Waals surface area contributed by atoms with Crippen molar-refractivity contribution in [3.63, 3.8) is 0 Å². The third kappa shape index (κ3) is 3.77. The monoisotopic (exact) mass is 222 g/mol. The Kier molecular flexibility index (Phi) is 4.24. The molecule has 90 valence electrons. The van der Waals surface area contributed by atoms with Gasteiger partial charge in [0.2, 0.25) is 5.95 Å². The summed E-state index contributed by atoms with van der Waals surface area (Å²) in [4.78, 5) is 8.50. The van der Waals surface area contributed by atoms with Gasteiger partial charge in [-0.25, -0.2) is 9.97 Å². The van der Waals surface area contributed by atoms with E-state index in [4.69, 9.17) is 5.73 Å². The van der Waals surface area contributed by atoms with Gasteiger partial charge < -0.3 is 11.1 Å². The van der Waals surface area contributed by atoms with Crippen LogP contribution in [0.2, 0.25) is 0 Å². The molecular weight excluding hydrogens is 200 g/mol. The van der Waals surface area contributed by atoms with Gasteiger partial charge in [0, 0.05) is 18.4 Å². The van der Waals surface area contributed by atoms with E-state index in [0.717, 1.165) is 12.0 Å². The summed E-state index contributed by atoms with van der Waals surface area (Å²) in [6.45, 7) is 9.21. The first kappa shape index (κ1) is 12.9. The van der Waals surface area contributed by atoms with Crippen molar-refractivity contribution in [2.75, 3.05) is 11.9 Å². The van der Waals surface area contributed by atoms with Crippen LogP contribution in [0.3, 0.4) is 0 Å². The fourth-order valence-electron chi connectivity index (χ4n) is 1.51. The molecule has 0 aromatic carbocycles. The molecule has 0 aliphatic rings. The molecule has 1 aromatic rings. The minimum atomic E-state index is 0.146. The number of rotatable bonds is 4. The Bertz CT molecular complexity index is 313. The number of nitrogens with one attached hydrogen (secondary N) is 1. The Balaban J connectivity index is 2.72. The maximum Gasteiger partial charge on any atom is 0.222 e. The van der Waals surface area contributed by atoms with Gasteiger partial charge in [0.05, 0.1) is 0 Å². The zero-order valence-corrected chi connectivity index (χ0v) is 10.6. The normalized spacial score (nSPS) is 13.6. The topological polar surface area (TPSA) is 63.8 Å². The van der Waals surface area contributed by atoms with Crippen molar-refractivity contribution in [3.05, 3.63) is 18.0 Å². The van der Waals surface area contributed by atoms with Crippen LogP contribution in [0.1, 0.15) is 32.8 Å². The minimum Gasteiger partial charge on any atom is -0.351 e. The van der Waals surface area contributed by atoms with Gasteiger partial charge in [-0.2, -0.15) is 0 Å². The molecular formula is C12H22N4. The molecule has 1 heterocycles. The van der Waals surface area contributed by atoms with Gasteiger partial charge in [-0.3, -0.25) is 0 Å². The number of nitrogens with two attached hydrogens (primary N) is 1. The highest BCUT2D eigenvalue weighted by molar-refractivity contribution is 5.26. The third-order valence-corrected chi connectivity index (χ3v) is 2.58. The summed E-state index contributed by atoms with van der Waals surface area (Å²) >= 11 is 0. The van der Waals surface area contributed by atoms with Crippen molar-refractivity contribution < 1.29 is 0 Å². The number of aryl methyl sites for hydroxylation is 1. The lowest BCUT2D eigenvalue weighted by atomic mass is 9.85. The molecule has 1 aromatic heterocycles. The van der Waals surface area contributed by atoms with Crippen molar-refractivity contribution >= 4 is 5.95 Å². The Labute approximate surface area is 97.7 Å². The second-order valence-corrected chi connectivity index (χ2v) is 5.22. The van der Waals surface area contributed by atoms with E-state index in [1.165, 1.54) is 0 Å². The van der Waals surface area contributed by atoms with Crippen molar-refractivity contribution in [2.24, 2.45) is 11.1 Å². The third-order valence-electron chi connectivity index (χ3n) is 2.58. The predicted octanol–water partition coefficient (Wildman–Crippen LogP) is 1.96. The van der Waals surface area contributed by atoms with Crippen LogP contribution >= 0.6 is 0 Å². The van der Waals surface area contributed by atoms with Crippen LogP contribution < -0.4 is 11.1 Å². The van der Waals surface area contributed by atoms with Crippen LogP contribution in [0.4, 0.5) is 5.95 Å². The van der Waals surface area contributed by atoms with Gasteiger partial charge in [-0.05, 0) is 30.9 Å². The zero-order valence-electron chi connectivity index (χ0n) is 10.6. The Morgan fingerprint density at radius 3 is 2.31 bits per heavy atom. The smallest absolute Gasteiger partial charge is 0.222 e. The maximum absolute atomic E-state index is 5.62. The van der Waals surface area contributed by atoms with Crippen molar-refractivity contribution in [2.45, 2.75) is 40.2 Å². The summed E-state index contributed by atoms with van der Waals surface area (Å²) in [5.41, 5.74) is 6.84. The summed E-state index contributed by atoms with van der Waals surface area (Å²) in [6.07, 6.45) is 4.55. The summed E-state index contributed by atoms with van der Waals surface area (Å²) in [5.74, 6) is 0.680. The largest absolute Gasteiger partial charge is 0.351 e. The van der Waals surface area contributed by atoms with Crippen LogP contribution in [0, 0.1) is 12.3 Å². The van der Waals surface area contributed by atoms with E-state index in [9.17, 15) is 0 Å². The van der Waals surface area contributed by atoms with E-state index < -0.39 is 0 Å². The second-order valence-electron chi connectivity index (χ2n) is 5.22. The summed E-state index contributed by atoms with van der Waals surface area (Å²) in [5, 5.41) is 3.34. The lowest BCUT2D eigenvalue weighted by Crippen LogP contribution is -2.36. The molecule has 0 fully saturated rings. The zero-order chi connectivity index (χ0) is 12.2. The predicted molar refractivity (Wildman–Crippen MR) is 67.3 cm³/mol. The molecule has 16 heavy (non-hydrogen) atoms. The van der Waals surface area contributed by atoms with Gasteiger partial charge in [-0.1, -0.05) is 20.8 Å².